The molecule has 0 spiro atoms. The standard InChI is InChI=1S/C16H24N2OS.ClH/c17-10-12-6-4-7-13(12)18-16(19)15-9-11-5-2-1-3-8-14(11)20-15;/h9,12-13H,1-8,10,17H2,(H,18,19);1H. The van der Waals surface area contributed by atoms with Gasteiger partial charge in [0.05, 0.1) is 4.88 Å². The summed E-state index contributed by atoms with van der Waals surface area (Å²) in [5.74, 6) is 0.588. The number of carbonyl (C=O) groups is 1. The molecule has 0 aromatic carbocycles. The van der Waals surface area contributed by atoms with Gasteiger partial charge >= 0.3 is 0 Å². The van der Waals surface area contributed by atoms with E-state index in [1.807, 2.05) is 0 Å². The van der Waals surface area contributed by atoms with Crippen molar-refractivity contribution in [2.45, 2.75) is 57.4 Å². The first-order valence-electron chi connectivity index (χ1n) is 7.90. The lowest BCUT2D eigenvalue weighted by Gasteiger charge is -2.18. The molecule has 5 heteroatoms. The Morgan fingerprint density at radius 2 is 2.05 bits per heavy atom. The summed E-state index contributed by atoms with van der Waals surface area (Å²) in [4.78, 5) is 14.8. The molecule has 3 N–H and O–H groups in total. The highest BCUT2D eigenvalue weighted by molar-refractivity contribution is 7.14. The zero-order valence-electron chi connectivity index (χ0n) is 12.4. The first-order valence-corrected chi connectivity index (χ1v) is 8.72. The number of nitrogens with one attached hydrogen (secondary N) is 1. The predicted molar refractivity (Wildman–Crippen MR) is 90.5 cm³/mol. The van der Waals surface area contributed by atoms with Gasteiger partial charge in [-0.3, -0.25) is 4.79 Å². The molecule has 1 heterocycles. The second-order valence-corrected chi connectivity index (χ2v) is 7.26. The second-order valence-electron chi connectivity index (χ2n) is 6.13. The molecular weight excluding hydrogens is 304 g/mol. The molecule has 2 aliphatic carbocycles. The number of rotatable bonds is 3. The van der Waals surface area contributed by atoms with Gasteiger partial charge in [-0.2, -0.15) is 0 Å². The molecule has 118 valence electrons. The molecule has 1 fully saturated rings. The summed E-state index contributed by atoms with van der Waals surface area (Å²) in [5, 5.41) is 3.21. The summed E-state index contributed by atoms with van der Waals surface area (Å²) in [5.41, 5.74) is 7.20. The molecule has 2 unspecified atom stereocenters. The SMILES string of the molecule is Cl.NCC1CCCC1NC(=O)c1cc2c(s1)CCCCC2. The minimum atomic E-state index is 0. The third-order valence-corrected chi connectivity index (χ3v) is 5.98. The minimum Gasteiger partial charge on any atom is -0.348 e. The molecule has 21 heavy (non-hydrogen) atoms. The van der Waals surface area contributed by atoms with Gasteiger partial charge in [0.15, 0.2) is 0 Å². The molecule has 3 nitrogen and oxygen atoms in total. The number of halogens is 1. The molecule has 1 aromatic rings. The summed E-state index contributed by atoms with van der Waals surface area (Å²) >= 11 is 1.71. The molecule has 0 radical (unpaired) electrons. The van der Waals surface area contributed by atoms with Crippen molar-refractivity contribution >= 4 is 29.7 Å². The summed E-state index contributed by atoms with van der Waals surface area (Å²) in [7, 11) is 0. The molecule has 2 atom stereocenters. The van der Waals surface area contributed by atoms with E-state index in [2.05, 4.69) is 11.4 Å². The largest absolute Gasteiger partial charge is 0.348 e. The maximum atomic E-state index is 12.4. The highest BCUT2D eigenvalue weighted by Crippen LogP contribution is 2.30. The number of aryl methyl sites for hydroxylation is 2. The fraction of sp³-hybridized carbons (Fsp3) is 0.688. The van der Waals surface area contributed by atoms with Crippen molar-refractivity contribution in [1.82, 2.24) is 5.32 Å². The third kappa shape index (κ3) is 3.79. The van der Waals surface area contributed by atoms with Gasteiger partial charge in [0.25, 0.3) is 5.91 Å². The monoisotopic (exact) mass is 328 g/mol. The van der Waals surface area contributed by atoms with Crippen LogP contribution in [-0.4, -0.2) is 18.5 Å². The van der Waals surface area contributed by atoms with E-state index in [0.717, 1.165) is 30.6 Å². The Hall–Kier alpha value is -0.580. The van der Waals surface area contributed by atoms with Crippen LogP contribution in [0.4, 0.5) is 0 Å². The Morgan fingerprint density at radius 3 is 2.86 bits per heavy atom. The first-order chi connectivity index (χ1) is 9.78. The van der Waals surface area contributed by atoms with Gasteiger partial charge < -0.3 is 11.1 Å². The van der Waals surface area contributed by atoms with Crippen LogP contribution in [0.2, 0.25) is 0 Å². The molecule has 1 saturated carbocycles. The zero-order chi connectivity index (χ0) is 13.9. The van der Waals surface area contributed by atoms with Gasteiger partial charge in [-0.05, 0) is 62.6 Å². The van der Waals surface area contributed by atoms with Crippen molar-refractivity contribution in [2.24, 2.45) is 11.7 Å². The average Bonchev–Trinajstić information content (AvgIpc) is 3.00. The van der Waals surface area contributed by atoms with E-state index >= 15 is 0 Å². The maximum absolute atomic E-state index is 12.4. The van der Waals surface area contributed by atoms with Crippen LogP contribution in [0.25, 0.3) is 0 Å². The van der Waals surface area contributed by atoms with Gasteiger partial charge in [-0.25, -0.2) is 0 Å². The van der Waals surface area contributed by atoms with E-state index in [1.54, 1.807) is 11.3 Å². The van der Waals surface area contributed by atoms with E-state index in [4.69, 9.17) is 5.73 Å². The quantitative estimate of drug-likeness (QED) is 0.836. The molecular formula is C16H25ClN2OS. The van der Waals surface area contributed by atoms with Crippen LogP contribution in [0.15, 0.2) is 6.07 Å². The first kappa shape index (κ1) is 16.8. The number of carbonyl (C=O) groups excluding carboxylic acids is 1. The molecule has 0 bridgehead atoms. The van der Waals surface area contributed by atoms with Crippen LogP contribution in [0.1, 0.15) is 58.6 Å². The minimum absolute atomic E-state index is 0. The van der Waals surface area contributed by atoms with E-state index in [0.29, 0.717) is 12.5 Å². The second kappa shape index (κ2) is 7.61. The van der Waals surface area contributed by atoms with Crippen molar-refractivity contribution < 1.29 is 4.79 Å². The van der Waals surface area contributed by atoms with Crippen molar-refractivity contribution in [3.05, 3.63) is 21.4 Å². The molecule has 3 rings (SSSR count). The maximum Gasteiger partial charge on any atom is 0.261 e. The van der Waals surface area contributed by atoms with Crippen LogP contribution >= 0.6 is 23.7 Å². The van der Waals surface area contributed by atoms with Crippen LogP contribution in [-0.2, 0) is 12.8 Å². The van der Waals surface area contributed by atoms with Crippen molar-refractivity contribution in [3.8, 4) is 0 Å². The third-order valence-electron chi connectivity index (χ3n) is 4.75. The Kier molecular flexibility index (Phi) is 6.08. The molecule has 0 saturated heterocycles. The lowest BCUT2D eigenvalue weighted by molar-refractivity contribution is 0.0933. The number of amides is 1. The van der Waals surface area contributed by atoms with Crippen LogP contribution in [0.3, 0.4) is 0 Å². The van der Waals surface area contributed by atoms with Crippen LogP contribution < -0.4 is 11.1 Å². The fourth-order valence-corrected chi connectivity index (χ4v) is 4.68. The van der Waals surface area contributed by atoms with Gasteiger partial charge in [0.2, 0.25) is 0 Å². The summed E-state index contributed by atoms with van der Waals surface area (Å²) in [6.07, 6.45) is 9.59. The number of hydrogen-bond acceptors (Lipinski definition) is 3. The highest BCUT2D eigenvalue weighted by Gasteiger charge is 2.28. The number of fused-ring (bicyclic) bond motifs is 1. The van der Waals surface area contributed by atoms with Gasteiger partial charge in [-0.1, -0.05) is 12.8 Å². The average molecular weight is 329 g/mol. The van der Waals surface area contributed by atoms with Crippen LogP contribution in [0.5, 0.6) is 0 Å². The Labute approximate surface area is 137 Å². The Morgan fingerprint density at radius 1 is 1.24 bits per heavy atom. The van der Waals surface area contributed by atoms with E-state index < -0.39 is 0 Å². The normalized spacial score (nSPS) is 24.8. The lowest BCUT2D eigenvalue weighted by Crippen LogP contribution is -2.39. The number of hydrogen-bond donors (Lipinski definition) is 2. The Bertz CT molecular complexity index is 465. The van der Waals surface area contributed by atoms with E-state index in [9.17, 15) is 4.79 Å². The molecule has 1 amide bonds. The summed E-state index contributed by atoms with van der Waals surface area (Å²) in [6, 6.07) is 2.42. The number of nitrogens with two attached hydrogens (primary N) is 1. The molecule has 2 aliphatic rings. The topological polar surface area (TPSA) is 55.1 Å². The smallest absolute Gasteiger partial charge is 0.261 e. The Balaban J connectivity index is 0.00000161. The van der Waals surface area contributed by atoms with E-state index in [-0.39, 0.29) is 24.4 Å². The van der Waals surface area contributed by atoms with Gasteiger partial charge in [0, 0.05) is 10.9 Å². The lowest BCUT2D eigenvalue weighted by atomic mass is 10.0. The summed E-state index contributed by atoms with van der Waals surface area (Å²) < 4.78 is 0. The highest BCUT2D eigenvalue weighted by atomic mass is 35.5. The van der Waals surface area contributed by atoms with Crippen molar-refractivity contribution in [3.63, 3.8) is 0 Å². The summed E-state index contributed by atoms with van der Waals surface area (Å²) in [6.45, 7) is 0.686. The van der Waals surface area contributed by atoms with E-state index in [1.165, 1.54) is 36.1 Å². The predicted octanol–water partition coefficient (Wildman–Crippen LogP) is 3.30. The molecule has 1 aromatic heterocycles. The zero-order valence-corrected chi connectivity index (χ0v) is 14.0. The van der Waals surface area contributed by atoms with Crippen molar-refractivity contribution in [2.75, 3.05) is 6.54 Å². The number of thiophene rings is 1. The van der Waals surface area contributed by atoms with Crippen molar-refractivity contribution in [1.29, 1.82) is 0 Å². The van der Waals surface area contributed by atoms with Gasteiger partial charge in [0.1, 0.15) is 0 Å². The fourth-order valence-electron chi connectivity index (χ4n) is 3.53. The van der Waals surface area contributed by atoms with Crippen LogP contribution in [0, 0.1) is 5.92 Å². The van der Waals surface area contributed by atoms with Gasteiger partial charge in [-0.15, -0.1) is 23.7 Å². The molecule has 0 aliphatic heterocycles.